The summed E-state index contributed by atoms with van der Waals surface area (Å²) in [5.74, 6) is -0.141. The first kappa shape index (κ1) is 15.2. The van der Waals surface area contributed by atoms with Gasteiger partial charge in [-0.3, -0.25) is 4.79 Å². The van der Waals surface area contributed by atoms with Crippen molar-refractivity contribution in [2.24, 2.45) is 5.73 Å². The Labute approximate surface area is 127 Å². The molecular formula is C14H19N3OS2. The Hall–Kier alpha value is -1.24. The number of thiophene rings is 1. The highest BCUT2D eigenvalue weighted by Gasteiger charge is 2.23. The van der Waals surface area contributed by atoms with Crippen molar-refractivity contribution in [1.82, 2.24) is 10.3 Å². The summed E-state index contributed by atoms with van der Waals surface area (Å²) in [6.07, 6.45) is 0. The summed E-state index contributed by atoms with van der Waals surface area (Å²) in [4.78, 5) is 17.6. The summed E-state index contributed by atoms with van der Waals surface area (Å²) < 4.78 is 0. The van der Waals surface area contributed by atoms with Gasteiger partial charge >= 0.3 is 0 Å². The van der Waals surface area contributed by atoms with Crippen LogP contribution in [0.2, 0.25) is 0 Å². The number of nitrogens with zero attached hydrogens (tertiary/aromatic N) is 1. The summed E-state index contributed by atoms with van der Waals surface area (Å²) in [6.45, 7) is 6.68. The number of carbonyl (C=O) groups is 1. The van der Waals surface area contributed by atoms with Gasteiger partial charge in [-0.05, 0) is 18.4 Å². The van der Waals surface area contributed by atoms with Crippen LogP contribution >= 0.6 is 22.7 Å². The maximum atomic E-state index is 12.1. The summed E-state index contributed by atoms with van der Waals surface area (Å²) >= 11 is 3.13. The largest absolute Gasteiger partial charge is 0.350 e. The van der Waals surface area contributed by atoms with Crippen molar-refractivity contribution in [2.75, 3.05) is 6.54 Å². The number of rotatable bonds is 5. The maximum absolute atomic E-state index is 12.1. The van der Waals surface area contributed by atoms with Crippen LogP contribution in [-0.4, -0.2) is 17.4 Å². The SMILES string of the molecule is CC(N)c1nc(C(=O)NCC(C)(C)c2cccs2)cs1. The summed E-state index contributed by atoms with van der Waals surface area (Å²) in [6, 6.07) is 3.98. The van der Waals surface area contributed by atoms with E-state index in [1.54, 1.807) is 16.7 Å². The first-order valence-electron chi connectivity index (χ1n) is 6.43. The lowest BCUT2D eigenvalue weighted by Crippen LogP contribution is -2.36. The van der Waals surface area contributed by atoms with Crippen molar-refractivity contribution in [1.29, 1.82) is 0 Å². The molecule has 0 bridgehead atoms. The van der Waals surface area contributed by atoms with E-state index in [4.69, 9.17) is 5.73 Å². The Morgan fingerprint density at radius 2 is 2.25 bits per heavy atom. The van der Waals surface area contributed by atoms with Crippen LogP contribution in [0.5, 0.6) is 0 Å². The van der Waals surface area contributed by atoms with Crippen molar-refractivity contribution in [3.63, 3.8) is 0 Å². The Kier molecular flexibility index (Phi) is 4.57. The predicted molar refractivity (Wildman–Crippen MR) is 84.4 cm³/mol. The van der Waals surface area contributed by atoms with E-state index in [1.807, 2.05) is 18.4 Å². The molecule has 2 rings (SSSR count). The van der Waals surface area contributed by atoms with Crippen LogP contribution in [0, 0.1) is 0 Å². The molecular weight excluding hydrogens is 290 g/mol. The molecule has 0 fully saturated rings. The molecule has 6 heteroatoms. The van der Waals surface area contributed by atoms with E-state index in [0.29, 0.717) is 12.2 Å². The predicted octanol–water partition coefficient (Wildman–Crippen LogP) is 2.93. The van der Waals surface area contributed by atoms with Gasteiger partial charge in [0.05, 0.1) is 6.04 Å². The molecule has 0 aliphatic carbocycles. The van der Waals surface area contributed by atoms with Crippen LogP contribution < -0.4 is 11.1 Å². The molecule has 1 unspecified atom stereocenters. The zero-order chi connectivity index (χ0) is 14.8. The zero-order valence-electron chi connectivity index (χ0n) is 11.8. The van der Waals surface area contributed by atoms with Gasteiger partial charge in [-0.1, -0.05) is 19.9 Å². The smallest absolute Gasteiger partial charge is 0.270 e. The molecule has 2 aromatic rings. The number of aromatic nitrogens is 1. The molecule has 0 aliphatic rings. The lowest BCUT2D eigenvalue weighted by Gasteiger charge is -2.23. The van der Waals surface area contributed by atoms with Crippen molar-refractivity contribution < 1.29 is 4.79 Å². The van der Waals surface area contributed by atoms with E-state index >= 15 is 0 Å². The van der Waals surface area contributed by atoms with Crippen molar-refractivity contribution in [3.05, 3.63) is 38.5 Å². The highest BCUT2D eigenvalue weighted by molar-refractivity contribution is 7.10. The average molecular weight is 309 g/mol. The molecule has 1 amide bonds. The van der Waals surface area contributed by atoms with Crippen LogP contribution in [0.15, 0.2) is 22.9 Å². The van der Waals surface area contributed by atoms with Crippen molar-refractivity contribution >= 4 is 28.6 Å². The highest BCUT2D eigenvalue weighted by Crippen LogP contribution is 2.26. The van der Waals surface area contributed by atoms with Gasteiger partial charge in [0.1, 0.15) is 10.7 Å². The van der Waals surface area contributed by atoms with E-state index in [9.17, 15) is 4.79 Å². The molecule has 1 atom stereocenters. The number of nitrogens with one attached hydrogen (secondary N) is 1. The van der Waals surface area contributed by atoms with E-state index in [1.165, 1.54) is 16.2 Å². The second kappa shape index (κ2) is 6.03. The molecule has 0 aromatic carbocycles. The molecule has 108 valence electrons. The maximum Gasteiger partial charge on any atom is 0.270 e. The van der Waals surface area contributed by atoms with Gasteiger partial charge in [0.2, 0.25) is 0 Å². The van der Waals surface area contributed by atoms with E-state index in [2.05, 4.69) is 30.2 Å². The number of thiazole rings is 1. The Bertz CT molecular complexity index is 573. The number of nitrogens with two attached hydrogens (primary N) is 1. The molecule has 0 saturated heterocycles. The molecule has 4 nitrogen and oxygen atoms in total. The van der Waals surface area contributed by atoms with Crippen LogP contribution in [0.25, 0.3) is 0 Å². The quantitative estimate of drug-likeness (QED) is 0.892. The molecule has 0 radical (unpaired) electrons. The fourth-order valence-electron chi connectivity index (χ4n) is 1.74. The van der Waals surface area contributed by atoms with E-state index in [-0.39, 0.29) is 17.4 Å². The van der Waals surface area contributed by atoms with Gasteiger partial charge in [-0.25, -0.2) is 4.98 Å². The molecule has 20 heavy (non-hydrogen) atoms. The fourth-order valence-corrected chi connectivity index (χ4v) is 3.35. The zero-order valence-corrected chi connectivity index (χ0v) is 13.5. The third-order valence-electron chi connectivity index (χ3n) is 3.02. The summed E-state index contributed by atoms with van der Waals surface area (Å²) in [5, 5.41) is 7.54. The van der Waals surface area contributed by atoms with Gasteiger partial charge in [0, 0.05) is 22.2 Å². The Morgan fingerprint density at radius 3 is 2.80 bits per heavy atom. The van der Waals surface area contributed by atoms with Crippen LogP contribution in [0.3, 0.4) is 0 Å². The van der Waals surface area contributed by atoms with Gasteiger partial charge in [0.15, 0.2) is 0 Å². The highest BCUT2D eigenvalue weighted by atomic mass is 32.1. The Morgan fingerprint density at radius 1 is 1.50 bits per heavy atom. The fraction of sp³-hybridized carbons (Fsp3) is 0.429. The van der Waals surface area contributed by atoms with Crippen LogP contribution in [-0.2, 0) is 5.41 Å². The van der Waals surface area contributed by atoms with Gasteiger partial charge in [-0.2, -0.15) is 0 Å². The third-order valence-corrected chi connectivity index (χ3v) is 5.30. The van der Waals surface area contributed by atoms with Gasteiger partial charge < -0.3 is 11.1 Å². The monoisotopic (exact) mass is 309 g/mol. The minimum Gasteiger partial charge on any atom is -0.350 e. The lowest BCUT2D eigenvalue weighted by molar-refractivity contribution is 0.0941. The molecule has 0 spiro atoms. The van der Waals surface area contributed by atoms with Crippen molar-refractivity contribution in [3.8, 4) is 0 Å². The average Bonchev–Trinajstić information content (AvgIpc) is 3.06. The van der Waals surface area contributed by atoms with Gasteiger partial charge in [-0.15, -0.1) is 22.7 Å². The number of carbonyl (C=O) groups excluding carboxylic acids is 1. The number of amides is 1. The minimum absolute atomic E-state index is 0.0795. The van der Waals surface area contributed by atoms with E-state index < -0.39 is 0 Å². The van der Waals surface area contributed by atoms with Crippen LogP contribution in [0.1, 0.15) is 47.2 Å². The number of hydrogen-bond donors (Lipinski definition) is 2. The second-order valence-electron chi connectivity index (χ2n) is 5.40. The lowest BCUT2D eigenvalue weighted by atomic mass is 9.91. The Balaban J connectivity index is 1.98. The standard InChI is InChI=1S/C14H19N3OS2/c1-9(15)13-17-10(7-20-13)12(18)16-8-14(2,3)11-5-4-6-19-11/h4-7,9H,8,15H2,1-3H3,(H,16,18). The minimum atomic E-state index is -0.141. The number of hydrogen-bond acceptors (Lipinski definition) is 5. The van der Waals surface area contributed by atoms with Crippen LogP contribution in [0.4, 0.5) is 0 Å². The molecule has 2 heterocycles. The first-order chi connectivity index (χ1) is 9.40. The summed E-state index contributed by atoms with van der Waals surface area (Å²) in [7, 11) is 0. The molecule has 3 N–H and O–H groups in total. The molecule has 0 saturated carbocycles. The first-order valence-corrected chi connectivity index (χ1v) is 8.19. The van der Waals surface area contributed by atoms with E-state index in [0.717, 1.165) is 5.01 Å². The van der Waals surface area contributed by atoms with Gasteiger partial charge in [0.25, 0.3) is 5.91 Å². The molecule has 2 aromatic heterocycles. The third kappa shape index (κ3) is 3.45. The van der Waals surface area contributed by atoms with Crippen molar-refractivity contribution in [2.45, 2.75) is 32.2 Å². The second-order valence-corrected chi connectivity index (χ2v) is 7.24. The normalized spacial score (nSPS) is 13.2. The topological polar surface area (TPSA) is 68.0 Å². The summed E-state index contributed by atoms with van der Waals surface area (Å²) in [5.41, 5.74) is 6.12. The molecule has 0 aliphatic heterocycles.